The van der Waals surface area contributed by atoms with Crippen LogP contribution >= 0.6 is 11.3 Å². The van der Waals surface area contributed by atoms with Gasteiger partial charge in [0.25, 0.3) is 11.8 Å². The minimum atomic E-state index is -0.369. The summed E-state index contributed by atoms with van der Waals surface area (Å²) in [7, 11) is 0. The predicted octanol–water partition coefficient (Wildman–Crippen LogP) is 4.47. The average Bonchev–Trinajstić information content (AvgIpc) is 3.15. The van der Waals surface area contributed by atoms with E-state index in [4.69, 9.17) is 0 Å². The van der Waals surface area contributed by atoms with Crippen LogP contribution in [0, 0.1) is 6.92 Å². The highest BCUT2D eigenvalue weighted by Gasteiger charge is 2.16. The summed E-state index contributed by atoms with van der Waals surface area (Å²) in [6.45, 7) is 1.86. The SMILES string of the molecule is Cc1ccccc1C(=O)N/C(=C\c1cccs1)C(=O)Nc1ccccc1. The smallest absolute Gasteiger partial charge is 0.272 e. The minimum Gasteiger partial charge on any atom is -0.321 e. The van der Waals surface area contributed by atoms with Crippen molar-refractivity contribution < 1.29 is 9.59 Å². The molecule has 1 aromatic heterocycles. The molecule has 2 amide bonds. The third kappa shape index (κ3) is 4.46. The number of thiophene rings is 1. The fourth-order valence-corrected chi connectivity index (χ4v) is 3.07. The Labute approximate surface area is 156 Å². The Kier molecular flexibility index (Phi) is 5.61. The number of hydrogen-bond acceptors (Lipinski definition) is 3. The third-order valence-electron chi connectivity index (χ3n) is 3.74. The maximum absolute atomic E-state index is 12.7. The second kappa shape index (κ2) is 8.27. The van der Waals surface area contributed by atoms with Gasteiger partial charge in [-0.1, -0.05) is 42.5 Å². The molecule has 0 fully saturated rings. The predicted molar refractivity (Wildman–Crippen MR) is 106 cm³/mol. The molecule has 0 aliphatic rings. The second-order valence-corrected chi connectivity index (χ2v) is 6.64. The van der Waals surface area contributed by atoms with Crippen molar-refractivity contribution >= 4 is 34.9 Å². The molecule has 0 atom stereocenters. The number of amides is 2. The average molecular weight is 362 g/mol. The molecular formula is C21H18N2O2S. The molecule has 1 heterocycles. The van der Waals surface area contributed by atoms with Crippen molar-refractivity contribution in [3.8, 4) is 0 Å². The molecule has 0 aliphatic carbocycles. The number of anilines is 1. The summed E-state index contributed by atoms with van der Waals surface area (Å²) in [6, 6.07) is 20.2. The van der Waals surface area contributed by atoms with Crippen LogP contribution in [-0.4, -0.2) is 11.8 Å². The van der Waals surface area contributed by atoms with Gasteiger partial charge in [0.2, 0.25) is 0 Å². The van der Waals surface area contributed by atoms with Crippen molar-refractivity contribution in [1.29, 1.82) is 0 Å². The maximum Gasteiger partial charge on any atom is 0.272 e. The molecule has 26 heavy (non-hydrogen) atoms. The molecule has 0 radical (unpaired) electrons. The van der Waals surface area contributed by atoms with E-state index < -0.39 is 0 Å². The fourth-order valence-electron chi connectivity index (χ4n) is 2.41. The third-order valence-corrected chi connectivity index (χ3v) is 4.56. The molecule has 2 N–H and O–H groups in total. The maximum atomic E-state index is 12.7. The van der Waals surface area contributed by atoms with Gasteiger partial charge in [0.05, 0.1) is 0 Å². The molecule has 0 bridgehead atoms. The lowest BCUT2D eigenvalue weighted by atomic mass is 10.1. The largest absolute Gasteiger partial charge is 0.321 e. The summed E-state index contributed by atoms with van der Waals surface area (Å²) in [5.74, 6) is -0.680. The van der Waals surface area contributed by atoms with Gasteiger partial charge in [0.1, 0.15) is 5.70 Å². The number of carbonyl (C=O) groups is 2. The van der Waals surface area contributed by atoms with E-state index in [9.17, 15) is 9.59 Å². The van der Waals surface area contributed by atoms with Crippen molar-refractivity contribution in [2.24, 2.45) is 0 Å². The highest BCUT2D eigenvalue weighted by molar-refractivity contribution is 7.10. The van der Waals surface area contributed by atoms with E-state index in [0.29, 0.717) is 11.3 Å². The molecule has 0 aliphatic heterocycles. The minimum absolute atomic E-state index is 0.199. The Hall–Kier alpha value is -3.18. The van der Waals surface area contributed by atoms with Crippen LogP contribution in [-0.2, 0) is 4.79 Å². The molecule has 0 saturated carbocycles. The first-order valence-corrected chi connectivity index (χ1v) is 9.00. The molecule has 0 spiro atoms. The molecule has 2 aromatic carbocycles. The molecule has 0 unspecified atom stereocenters. The Balaban J connectivity index is 1.85. The second-order valence-electron chi connectivity index (χ2n) is 5.66. The van der Waals surface area contributed by atoms with Gasteiger partial charge in [-0.15, -0.1) is 11.3 Å². The van der Waals surface area contributed by atoms with Gasteiger partial charge in [-0.2, -0.15) is 0 Å². The summed E-state index contributed by atoms with van der Waals surface area (Å²) in [5, 5.41) is 7.48. The van der Waals surface area contributed by atoms with Crippen LogP contribution in [0.5, 0.6) is 0 Å². The first-order valence-electron chi connectivity index (χ1n) is 8.12. The van der Waals surface area contributed by atoms with Crippen molar-refractivity contribution in [3.05, 3.63) is 93.8 Å². The first kappa shape index (κ1) is 17.6. The zero-order valence-corrected chi connectivity index (χ0v) is 15.0. The van der Waals surface area contributed by atoms with Crippen LogP contribution in [0.4, 0.5) is 5.69 Å². The summed E-state index contributed by atoms with van der Waals surface area (Å²) in [4.78, 5) is 26.2. The fraction of sp³-hybridized carbons (Fsp3) is 0.0476. The van der Waals surface area contributed by atoms with Crippen molar-refractivity contribution in [1.82, 2.24) is 5.32 Å². The zero-order chi connectivity index (χ0) is 18.4. The van der Waals surface area contributed by atoms with Crippen LogP contribution in [0.2, 0.25) is 0 Å². The topological polar surface area (TPSA) is 58.2 Å². The number of aryl methyl sites for hydroxylation is 1. The van der Waals surface area contributed by atoms with Gasteiger partial charge in [-0.25, -0.2) is 0 Å². The Bertz CT molecular complexity index is 932. The van der Waals surface area contributed by atoms with Crippen molar-refractivity contribution in [3.63, 3.8) is 0 Å². The summed E-state index contributed by atoms with van der Waals surface area (Å²) in [6.07, 6.45) is 1.68. The van der Waals surface area contributed by atoms with E-state index >= 15 is 0 Å². The standard InChI is InChI=1S/C21H18N2O2S/c1-15-8-5-6-12-18(15)20(24)23-19(14-17-11-7-13-26-17)21(25)22-16-9-3-2-4-10-16/h2-14H,1H3,(H,22,25)(H,23,24)/b19-14-. The van der Waals surface area contributed by atoms with Gasteiger partial charge < -0.3 is 10.6 Å². The highest BCUT2D eigenvalue weighted by atomic mass is 32.1. The van der Waals surface area contributed by atoms with Gasteiger partial charge in [-0.3, -0.25) is 9.59 Å². The van der Waals surface area contributed by atoms with Crippen molar-refractivity contribution in [2.45, 2.75) is 6.92 Å². The molecule has 0 saturated heterocycles. The van der Waals surface area contributed by atoms with Gasteiger partial charge >= 0.3 is 0 Å². The lowest BCUT2D eigenvalue weighted by molar-refractivity contribution is -0.113. The Morgan fingerprint density at radius 2 is 1.65 bits per heavy atom. The van der Waals surface area contributed by atoms with Gasteiger partial charge in [0, 0.05) is 16.1 Å². The van der Waals surface area contributed by atoms with Crippen LogP contribution < -0.4 is 10.6 Å². The quantitative estimate of drug-likeness (QED) is 0.658. The van der Waals surface area contributed by atoms with E-state index in [1.807, 2.05) is 54.8 Å². The molecule has 5 heteroatoms. The monoisotopic (exact) mass is 362 g/mol. The Morgan fingerprint density at radius 1 is 0.923 bits per heavy atom. The zero-order valence-electron chi connectivity index (χ0n) is 14.2. The summed E-state index contributed by atoms with van der Waals surface area (Å²) < 4.78 is 0. The number of nitrogens with one attached hydrogen (secondary N) is 2. The van der Waals surface area contributed by atoms with Crippen LogP contribution in [0.25, 0.3) is 6.08 Å². The molecule has 130 valence electrons. The molecular weight excluding hydrogens is 344 g/mol. The summed E-state index contributed by atoms with van der Waals surface area (Å²) in [5.41, 5.74) is 2.25. The number of carbonyl (C=O) groups excluding carboxylic acids is 2. The van der Waals surface area contributed by atoms with Gasteiger partial charge in [0.15, 0.2) is 0 Å². The van der Waals surface area contributed by atoms with Crippen LogP contribution in [0.15, 0.2) is 77.8 Å². The number of rotatable bonds is 5. The number of hydrogen-bond donors (Lipinski definition) is 2. The van der Waals surface area contributed by atoms with E-state index in [0.717, 1.165) is 10.4 Å². The Morgan fingerprint density at radius 3 is 2.35 bits per heavy atom. The molecule has 3 aromatic rings. The highest BCUT2D eigenvalue weighted by Crippen LogP contribution is 2.15. The van der Waals surface area contributed by atoms with Crippen LogP contribution in [0.3, 0.4) is 0 Å². The first-order chi connectivity index (χ1) is 12.6. The molecule has 3 rings (SSSR count). The van der Waals surface area contributed by atoms with E-state index in [-0.39, 0.29) is 17.5 Å². The van der Waals surface area contributed by atoms with Crippen molar-refractivity contribution in [2.75, 3.05) is 5.32 Å². The van der Waals surface area contributed by atoms with E-state index in [1.54, 1.807) is 30.3 Å². The summed E-state index contributed by atoms with van der Waals surface area (Å²) >= 11 is 1.49. The van der Waals surface area contributed by atoms with Gasteiger partial charge in [-0.05, 0) is 48.2 Å². The normalized spacial score (nSPS) is 11.0. The lowest BCUT2D eigenvalue weighted by Gasteiger charge is -2.12. The number of benzene rings is 2. The van der Waals surface area contributed by atoms with E-state index in [1.165, 1.54) is 11.3 Å². The van der Waals surface area contributed by atoms with Crippen LogP contribution in [0.1, 0.15) is 20.8 Å². The molecule has 4 nitrogen and oxygen atoms in total. The number of para-hydroxylation sites is 1. The lowest BCUT2D eigenvalue weighted by Crippen LogP contribution is -2.31. The van der Waals surface area contributed by atoms with E-state index in [2.05, 4.69) is 10.6 Å².